The van der Waals surface area contributed by atoms with Gasteiger partial charge in [0.15, 0.2) is 0 Å². The first kappa shape index (κ1) is 23.5. The van der Waals surface area contributed by atoms with E-state index in [2.05, 4.69) is 27.5 Å². The van der Waals surface area contributed by atoms with Crippen LogP contribution in [0.5, 0.6) is 0 Å². The Balaban J connectivity index is 1.21. The molecule has 9 heteroatoms. The molecule has 4 heterocycles. The molecule has 2 saturated heterocycles. The molecule has 0 saturated carbocycles. The molecule has 2 aromatic rings. The number of likely N-dealkylation sites (tertiary alicyclic amines) is 1. The van der Waals surface area contributed by atoms with Gasteiger partial charge in [-0.3, -0.25) is 25.0 Å². The standard InChI is InChI=1S/C27H27N5O4/c1-17-9-12-28-23(15-17)29-27(36)31-13-10-18(11-14-31)5-6-19-3-2-4-20-21(19)16-32(26(20)35)22-7-8-24(33)30-25(22)34/h2-4,9,12,15,18,22H,7-8,10-11,13-14,16H2,1H3,(H,28,29,36)(H,30,33,34). The number of carbonyl (C=O) groups excluding carboxylic acids is 4. The lowest BCUT2D eigenvalue weighted by Gasteiger charge is -2.29. The van der Waals surface area contributed by atoms with E-state index in [1.807, 2.05) is 25.1 Å². The van der Waals surface area contributed by atoms with Crippen LogP contribution in [0.25, 0.3) is 0 Å². The van der Waals surface area contributed by atoms with E-state index >= 15 is 0 Å². The maximum Gasteiger partial charge on any atom is 0.323 e. The fraction of sp³-hybridized carbons (Fsp3) is 0.370. The van der Waals surface area contributed by atoms with Crippen molar-refractivity contribution in [3.63, 3.8) is 0 Å². The Labute approximate surface area is 209 Å². The zero-order chi connectivity index (χ0) is 25.2. The summed E-state index contributed by atoms with van der Waals surface area (Å²) in [6.45, 7) is 3.46. The number of hydrogen-bond acceptors (Lipinski definition) is 5. The van der Waals surface area contributed by atoms with E-state index in [1.165, 1.54) is 4.90 Å². The number of pyridine rings is 1. The molecule has 5 amide bonds. The molecule has 5 rings (SSSR count). The first-order valence-electron chi connectivity index (χ1n) is 12.2. The molecule has 1 atom stereocenters. The second-order valence-electron chi connectivity index (χ2n) is 9.41. The molecular weight excluding hydrogens is 458 g/mol. The number of imide groups is 1. The predicted octanol–water partition coefficient (Wildman–Crippen LogP) is 2.45. The lowest BCUT2D eigenvalue weighted by atomic mass is 9.96. The van der Waals surface area contributed by atoms with Crippen LogP contribution in [-0.2, 0) is 16.1 Å². The second kappa shape index (κ2) is 9.82. The fourth-order valence-corrected chi connectivity index (χ4v) is 4.90. The number of amides is 5. The van der Waals surface area contributed by atoms with Gasteiger partial charge in [-0.05, 0) is 61.6 Å². The van der Waals surface area contributed by atoms with E-state index < -0.39 is 11.9 Å². The summed E-state index contributed by atoms with van der Waals surface area (Å²) in [5, 5.41) is 5.18. The summed E-state index contributed by atoms with van der Waals surface area (Å²) in [5.41, 5.74) is 3.19. The van der Waals surface area contributed by atoms with Gasteiger partial charge < -0.3 is 9.80 Å². The summed E-state index contributed by atoms with van der Waals surface area (Å²) < 4.78 is 0. The minimum atomic E-state index is -0.645. The molecule has 3 aliphatic rings. The summed E-state index contributed by atoms with van der Waals surface area (Å²) in [6, 6.07) is 8.37. The van der Waals surface area contributed by atoms with Crippen LogP contribution in [0.15, 0.2) is 36.5 Å². The predicted molar refractivity (Wildman–Crippen MR) is 132 cm³/mol. The highest BCUT2D eigenvalue weighted by molar-refractivity contribution is 6.05. The minimum absolute atomic E-state index is 0.144. The van der Waals surface area contributed by atoms with Gasteiger partial charge in [0.05, 0.1) is 0 Å². The van der Waals surface area contributed by atoms with E-state index in [0.717, 1.165) is 29.5 Å². The van der Waals surface area contributed by atoms with Crippen LogP contribution < -0.4 is 10.6 Å². The molecule has 0 radical (unpaired) electrons. The van der Waals surface area contributed by atoms with Gasteiger partial charge in [-0.25, -0.2) is 9.78 Å². The molecule has 1 aromatic heterocycles. The van der Waals surface area contributed by atoms with Crippen LogP contribution in [0.4, 0.5) is 10.6 Å². The van der Waals surface area contributed by atoms with Crippen LogP contribution >= 0.6 is 0 Å². The Morgan fingerprint density at radius 2 is 1.94 bits per heavy atom. The minimum Gasteiger partial charge on any atom is -0.324 e. The zero-order valence-electron chi connectivity index (χ0n) is 20.0. The Bertz CT molecular complexity index is 1300. The average Bonchev–Trinajstić information content (AvgIpc) is 3.20. The number of piperidine rings is 2. The quantitative estimate of drug-likeness (QED) is 0.501. The Hall–Kier alpha value is -4.19. The molecule has 9 nitrogen and oxygen atoms in total. The molecule has 0 spiro atoms. The zero-order valence-corrected chi connectivity index (χ0v) is 20.0. The van der Waals surface area contributed by atoms with Gasteiger partial charge in [0, 0.05) is 49.3 Å². The lowest BCUT2D eigenvalue weighted by molar-refractivity contribution is -0.136. The van der Waals surface area contributed by atoms with Crippen LogP contribution in [0, 0.1) is 24.7 Å². The molecule has 184 valence electrons. The lowest BCUT2D eigenvalue weighted by Crippen LogP contribution is -2.52. The van der Waals surface area contributed by atoms with Crippen LogP contribution in [0.3, 0.4) is 0 Å². The van der Waals surface area contributed by atoms with Crippen molar-refractivity contribution in [2.75, 3.05) is 18.4 Å². The highest BCUT2D eigenvalue weighted by Gasteiger charge is 2.39. The van der Waals surface area contributed by atoms with Crippen LogP contribution in [0.1, 0.15) is 52.7 Å². The fourth-order valence-electron chi connectivity index (χ4n) is 4.90. The molecular formula is C27H27N5O4. The monoisotopic (exact) mass is 485 g/mol. The van der Waals surface area contributed by atoms with Crippen LogP contribution in [0.2, 0.25) is 0 Å². The number of nitrogens with zero attached hydrogens (tertiary/aromatic N) is 3. The highest BCUT2D eigenvalue weighted by atomic mass is 16.2. The third kappa shape index (κ3) is 4.80. The SMILES string of the molecule is Cc1ccnc(NC(=O)N2CCC(C#Cc3cccc4c3CN(C3CCC(=O)NC3=O)C4=O)CC2)c1. The van der Waals surface area contributed by atoms with Crippen molar-refractivity contribution in [2.24, 2.45) is 5.92 Å². The third-order valence-corrected chi connectivity index (χ3v) is 6.93. The highest BCUT2D eigenvalue weighted by Crippen LogP contribution is 2.29. The van der Waals surface area contributed by atoms with E-state index in [-0.39, 0.29) is 30.2 Å². The number of anilines is 1. The van der Waals surface area contributed by atoms with Gasteiger partial charge in [-0.2, -0.15) is 0 Å². The molecule has 0 bridgehead atoms. The van der Waals surface area contributed by atoms with Gasteiger partial charge >= 0.3 is 6.03 Å². The van der Waals surface area contributed by atoms with Gasteiger partial charge in [-0.1, -0.05) is 17.9 Å². The van der Waals surface area contributed by atoms with E-state index in [1.54, 1.807) is 23.2 Å². The van der Waals surface area contributed by atoms with Crippen molar-refractivity contribution in [2.45, 2.75) is 45.2 Å². The Kier molecular flexibility index (Phi) is 6.42. The van der Waals surface area contributed by atoms with Crippen molar-refractivity contribution in [3.8, 4) is 11.8 Å². The Morgan fingerprint density at radius 1 is 1.14 bits per heavy atom. The molecule has 0 aliphatic carbocycles. The number of fused-ring (bicyclic) bond motifs is 1. The molecule has 2 N–H and O–H groups in total. The van der Waals surface area contributed by atoms with Crippen molar-refractivity contribution in [1.82, 2.24) is 20.1 Å². The van der Waals surface area contributed by atoms with Gasteiger partial charge in [-0.15, -0.1) is 0 Å². The van der Waals surface area contributed by atoms with Crippen LogP contribution in [-0.4, -0.2) is 57.7 Å². The Morgan fingerprint density at radius 3 is 2.69 bits per heavy atom. The summed E-state index contributed by atoms with van der Waals surface area (Å²) in [4.78, 5) is 56.9. The maximum atomic E-state index is 13.0. The van der Waals surface area contributed by atoms with Crippen molar-refractivity contribution >= 4 is 29.6 Å². The van der Waals surface area contributed by atoms with E-state index in [4.69, 9.17) is 0 Å². The molecule has 2 fully saturated rings. The van der Waals surface area contributed by atoms with E-state index in [9.17, 15) is 19.2 Å². The summed E-state index contributed by atoms with van der Waals surface area (Å²) in [5.74, 6) is 6.35. The number of rotatable bonds is 2. The number of aromatic nitrogens is 1. The maximum absolute atomic E-state index is 13.0. The average molecular weight is 486 g/mol. The third-order valence-electron chi connectivity index (χ3n) is 6.93. The summed E-state index contributed by atoms with van der Waals surface area (Å²) in [7, 11) is 0. The van der Waals surface area contributed by atoms with E-state index in [0.29, 0.717) is 37.4 Å². The summed E-state index contributed by atoms with van der Waals surface area (Å²) >= 11 is 0. The number of aryl methyl sites for hydroxylation is 1. The normalized spacial score (nSPS) is 19.9. The van der Waals surface area contributed by atoms with Crippen molar-refractivity contribution < 1.29 is 19.2 Å². The first-order chi connectivity index (χ1) is 17.4. The van der Waals surface area contributed by atoms with Gasteiger partial charge in [0.2, 0.25) is 11.8 Å². The number of carbonyl (C=O) groups is 4. The number of hydrogen-bond donors (Lipinski definition) is 2. The number of benzene rings is 1. The smallest absolute Gasteiger partial charge is 0.323 e. The number of urea groups is 1. The molecule has 1 unspecified atom stereocenters. The van der Waals surface area contributed by atoms with Crippen molar-refractivity contribution in [3.05, 3.63) is 58.8 Å². The summed E-state index contributed by atoms with van der Waals surface area (Å²) in [6.07, 6.45) is 3.75. The largest absolute Gasteiger partial charge is 0.324 e. The molecule has 1 aromatic carbocycles. The first-order valence-corrected chi connectivity index (χ1v) is 12.2. The topological polar surface area (TPSA) is 112 Å². The molecule has 36 heavy (non-hydrogen) atoms. The molecule has 3 aliphatic heterocycles. The number of nitrogens with one attached hydrogen (secondary N) is 2. The van der Waals surface area contributed by atoms with Gasteiger partial charge in [0.1, 0.15) is 11.9 Å². The van der Waals surface area contributed by atoms with Crippen molar-refractivity contribution in [1.29, 1.82) is 0 Å². The van der Waals surface area contributed by atoms with Gasteiger partial charge in [0.25, 0.3) is 5.91 Å². The second-order valence-corrected chi connectivity index (χ2v) is 9.41.